The van der Waals surface area contributed by atoms with Crippen LogP contribution >= 0.6 is 0 Å². The molecule has 0 unspecified atom stereocenters. The second-order valence-electron chi connectivity index (χ2n) is 2.14. The van der Waals surface area contributed by atoms with Crippen LogP contribution in [0.3, 0.4) is 0 Å². The zero-order valence-electron chi connectivity index (χ0n) is 6.76. The Morgan fingerprint density at radius 3 is 2.56 bits per heavy atom. The van der Waals surface area contributed by atoms with Crippen molar-refractivity contribution >= 4 is 5.69 Å². The number of para-hydroxylation sites is 1. The summed E-state index contributed by atoms with van der Waals surface area (Å²) in [6.07, 6.45) is 0. The first-order valence-electron chi connectivity index (χ1n) is 3.45. The maximum Gasteiger partial charge on any atom is 0.0645 e. The standard InChI is InChI=1S/C8H11N/c1-9(2)8-6-4-3-5-7-8/h3-7H,1-2H3/i6D. The molecule has 1 aromatic rings. The lowest BCUT2D eigenvalue weighted by Gasteiger charge is -2.10. The summed E-state index contributed by atoms with van der Waals surface area (Å²) in [4.78, 5) is 1.93. The smallest absolute Gasteiger partial charge is 0.0645 e. The Bertz CT molecular complexity index is 220. The molecule has 9 heavy (non-hydrogen) atoms. The Labute approximate surface area is 57.3 Å². The van der Waals surface area contributed by atoms with Gasteiger partial charge in [0, 0.05) is 19.8 Å². The lowest BCUT2D eigenvalue weighted by molar-refractivity contribution is 1.13. The molecule has 0 aliphatic heterocycles. The minimum atomic E-state index is 0.576. The van der Waals surface area contributed by atoms with E-state index in [1.807, 2.05) is 37.2 Å². The van der Waals surface area contributed by atoms with E-state index in [1.165, 1.54) is 0 Å². The molecule has 0 saturated carbocycles. The van der Waals surface area contributed by atoms with E-state index in [1.54, 1.807) is 6.07 Å². The first-order chi connectivity index (χ1) is 4.72. The van der Waals surface area contributed by atoms with E-state index in [4.69, 9.17) is 1.37 Å². The lowest BCUT2D eigenvalue weighted by Crippen LogP contribution is -2.07. The van der Waals surface area contributed by atoms with Gasteiger partial charge in [0.15, 0.2) is 0 Å². The largest absolute Gasteiger partial charge is 0.378 e. The molecule has 0 aliphatic carbocycles. The van der Waals surface area contributed by atoms with Gasteiger partial charge in [-0.25, -0.2) is 0 Å². The van der Waals surface area contributed by atoms with Gasteiger partial charge in [0.05, 0.1) is 1.37 Å². The summed E-state index contributed by atoms with van der Waals surface area (Å²) in [5.41, 5.74) is 0.961. The van der Waals surface area contributed by atoms with E-state index in [9.17, 15) is 0 Å². The van der Waals surface area contributed by atoms with Crippen LogP contribution in [-0.4, -0.2) is 14.1 Å². The zero-order valence-corrected chi connectivity index (χ0v) is 5.76. The highest BCUT2D eigenvalue weighted by molar-refractivity contribution is 5.43. The van der Waals surface area contributed by atoms with Crippen LogP contribution < -0.4 is 4.90 Å². The number of rotatable bonds is 1. The van der Waals surface area contributed by atoms with Gasteiger partial charge in [-0.05, 0) is 12.1 Å². The average Bonchev–Trinajstić information content (AvgIpc) is 1.88. The van der Waals surface area contributed by atoms with Gasteiger partial charge < -0.3 is 4.90 Å². The highest BCUT2D eigenvalue weighted by atomic mass is 15.1. The fourth-order valence-electron chi connectivity index (χ4n) is 0.662. The molecule has 1 heteroatoms. The maximum atomic E-state index is 7.46. The van der Waals surface area contributed by atoms with Gasteiger partial charge in [-0.15, -0.1) is 0 Å². The summed E-state index contributed by atoms with van der Waals surface area (Å²) < 4.78 is 7.46. The third-order valence-electron chi connectivity index (χ3n) is 1.17. The highest BCUT2D eigenvalue weighted by Gasteiger charge is 1.87. The first kappa shape index (κ1) is 4.86. The molecule has 1 nitrogen and oxygen atoms in total. The summed E-state index contributed by atoms with van der Waals surface area (Å²) in [5, 5.41) is 0. The second-order valence-corrected chi connectivity index (χ2v) is 2.14. The average molecular weight is 122 g/mol. The molecule has 0 atom stereocenters. The molecule has 48 valence electrons. The van der Waals surface area contributed by atoms with Crippen LogP contribution in [0.25, 0.3) is 0 Å². The quantitative estimate of drug-likeness (QED) is 0.548. The van der Waals surface area contributed by atoms with Crippen LogP contribution in [0.15, 0.2) is 30.3 Å². The number of benzene rings is 1. The van der Waals surface area contributed by atoms with Crippen LogP contribution in [0, 0.1) is 0 Å². The minimum absolute atomic E-state index is 0.576. The molecule has 0 heterocycles. The molecule has 0 aromatic heterocycles. The van der Waals surface area contributed by atoms with Crippen molar-refractivity contribution in [3.63, 3.8) is 0 Å². The van der Waals surface area contributed by atoms with Crippen LogP contribution in [-0.2, 0) is 0 Å². The SMILES string of the molecule is [2H]c1ccccc1N(C)C. The molecule has 0 amide bonds. The van der Waals surface area contributed by atoms with E-state index in [0.29, 0.717) is 6.04 Å². The van der Waals surface area contributed by atoms with Crippen LogP contribution in [0.1, 0.15) is 1.37 Å². The number of hydrogen-bond donors (Lipinski definition) is 0. The predicted molar refractivity (Wildman–Crippen MR) is 40.8 cm³/mol. The molecule has 0 radical (unpaired) electrons. The van der Waals surface area contributed by atoms with E-state index in [2.05, 4.69) is 0 Å². The molecular weight excluding hydrogens is 110 g/mol. The van der Waals surface area contributed by atoms with Crippen molar-refractivity contribution in [1.29, 1.82) is 0 Å². The van der Waals surface area contributed by atoms with Gasteiger partial charge in [0.1, 0.15) is 0 Å². The zero-order chi connectivity index (χ0) is 7.56. The van der Waals surface area contributed by atoms with Crippen molar-refractivity contribution in [2.45, 2.75) is 0 Å². The highest BCUT2D eigenvalue weighted by Crippen LogP contribution is 2.07. The number of anilines is 1. The topological polar surface area (TPSA) is 3.24 Å². The van der Waals surface area contributed by atoms with E-state index < -0.39 is 0 Å². The van der Waals surface area contributed by atoms with Gasteiger partial charge in [-0.2, -0.15) is 0 Å². The van der Waals surface area contributed by atoms with Crippen LogP contribution in [0.5, 0.6) is 0 Å². The van der Waals surface area contributed by atoms with Crippen molar-refractivity contribution in [3.05, 3.63) is 30.3 Å². The van der Waals surface area contributed by atoms with Crippen LogP contribution in [0.4, 0.5) is 5.69 Å². The van der Waals surface area contributed by atoms with Gasteiger partial charge in [0.2, 0.25) is 0 Å². The van der Waals surface area contributed by atoms with Crippen molar-refractivity contribution in [2.75, 3.05) is 19.0 Å². The predicted octanol–water partition coefficient (Wildman–Crippen LogP) is 1.75. The van der Waals surface area contributed by atoms with Crippen molar-refractivity contribution in [3.8, 4) is 0 Å². The molecule has 1 rings (SSSR count). The Morgan fingerprint density at radius 2 is 2.11 bits per heavy atom. The monoisotopic (exact) mass is 122 g/mol. The molecule has 0 aliphatic rings. The maximum absolute atomic E-state index is 7.46. The van der Waals surface area contributed by atoms with Gasteiger partial charge in [-0.3, -0.25) is 0 Å². The van der Waals surface area contributed by atoms with Crippen molar-refractivity contribution < 1.29 is 1.37 Å². The summed E-state index contributed by atoms with van der Waals surface area (Å²) in [5.74, 6) is 0. The van der Waals surface area contributed by atoms with E-state index >= 15 is 0 Å². The van der Waals surface area contributed by atoms with E-state index in [0.717, 1.165) is 5.69 Å². The second kappa shape index (κ2) is 2.53. The van der Waals surface area contributed by atoms with E-state index in [-0.39, 0.29) is 0 Å². The summed E-state index contributed by atoms with van der Waals surface area (Å²) in [6, 6.07) is 8.10. The summed E-state index contributed by atoms with van der Waals surface area (Å²) in [6.45, 7) is 0. The fraction of sp³-hybridized carbons (Fsp3) is 0.250. The normalized spacial score (nSPS) is 10.7. The van der Waals surface area contributed by atoms with Crippen molar-refractivity contribution in [1.82, 2.24) is 0 Å². The molecule has 0 fully saturated rings. The van der Waals surface area contributed by atoms with Gasteiger partial charge in [0.25, 0.3) is 0 Å². The Morgan fingerprint density at radius 1 is 1.33 bits per heavy atom. The third kappa shape index (κ3) is 1.46. The minimum Gasteiger partial charge on any atom is -0.378 e. The third-order valence-corrected chi connectivity index (χ3v) is 1.17. The molecular formula is C8H11N. The fourth-order valence-corrected chi connectivity index (χ4v) is 0.662. The van der Waals surface area contributed by atoms with Crippen LogP contribution in [0.2, 0.25) is 0 Å². The Balaban J connectivity index is 3.03. The Hall–Kier alpha value is -0.980. The van der Waals surface area contributed by atoms with Crippen molar-refractivity contribution in [2.24, 2.45) is 0 Å². The summed E-state index contributed by atoms with van der Waals surface area (Å²) in [7, 11) is 3.88. The number of nitrogens with zero attached hydrogens (tertiary/aromatic N) is 1. The molecule has 0 saturated heterocycles. The number of hydrogen-bond acceptors (Lipinski definition) is 1. The molecule has 0 spiro atoms. The summed E-state index contributed by atoms with van der Waals surface area (Å²) >= 11 is 0. The first-order valence-corrected chi connectivity index (χ1v) is 2.95. The molecule has 1 aromatic carbocycles. The van der Waals surface area contributed by atoms with Gasteiger partial charge >= 0.3 is 0 Å². The Kier molecular flexibility index (Phi) is 1.37. The lowest BCUT2D eigenvalue weighted by atomic mass is 10.3. The molecule has 0 N–H and O–H groups in total. The molecule has 0 bridgehead atoms. The van der Waals surface area contributed by atoms with Gasteiger partial charge in [-0.1, -0.05) is 18.2 Å².